The Hall–Kier alpha value is -2.33. The summed E-state index contributed by atoms with van der Waals surface area (Å²) in [5, 5.41) is 3.40. The largest absolute Gasteiger partial charge is 0.333 e. The highest BCUT2D eigenvalue weighted by Gasteiger charge is 2.06. The van der Waals surface area contributed by atoms with Crippen LogP contribution in [0.2, 0.25) is 0 Å². The van der Waals surface area contributed by atoms with Gasteiger partial charge in [0.1, 0.15) is 0 Å². The number of hydrogen-bond donors (Lipinski definition) is 1. The molecular weight excluding hydrogens is 302 g/mol. The number of rotatable bonds is 4. The third-order valence-corrected chi connectivity index (χ3v) is 4.89. The summed E-state index contributed by atoms with van der Waals surface area (Å²) in [6.07, 6.45) is 2.98. The molecule has 0 saturated carbocycles. The minimum Gasteiger partial charge on any atom is -0.333 e. The van der Waals surface area contributed by atoms with Gasteiger partial charge in [0.05, 0.1) is 16.7 Å². The van der Waals surface area contributed by atoms with Crippen molar-refractivity contribution in [3.8, 4) is 0 Å². The van der Waals surface area contributed by atoms with Crippen molar-refractivity contribution >= 4 is 33.6 Å². The Balaban J connectivity index is 1.57. The first kappa shape index (κ1) is 14.3. The molecule has 0 atom stereocenters. The predicted octanol–water partition coefficient (Wildman–Crippen LogP) is 4.97. The van der Waals surface area contributed by atoms with Crippen molar-refractivity contribution in [2.75, 3.05) is 0 Å². The number of imidazole rings is 1. The van der Waals surface area contributed by atoms with E-state index in [2.05, 4.69) is 65.4 Å². The summed E-state index contributed by atoms with van der Waals surface area (Å²) in [5.74, 6) is 0.823. The minimum absolute atomic E-state index is 0.823. The number of benzene rings is 2. The SMILES string of the molecule is CCc1ccc(CSc2nc3cc4ccccc4cc3[nH]2)nc1. The first-order valence-corrected chi connectivity index (χ1v) is 8.75. The van der Waals surface area contributed by atoms with E-state index in [0.717, 1.165) is 34.1 Å². The van der Waals surface area contributed by atoms with Gasteiger partial charge < -0.3 is 4.98 Å². The summed E-state index contributed by atoms with van der Waals surface area (Å²) in [7, 11) is 0. The molecule has 2 aromatic heterocycles. The minimum atomic E-state index is 0.823. The number of aromatic nitrogens is 3. The predicted molar refractivity (Wildman–Crippen MR) is 96.8 cm³/mol. The van der Waals surface area contributed by atoms with Crippen LogP contribution in [-0.2, 0) is 12.2 Å². The third-order valence-electron chi connectivity index (χ3n) is 3.98. The first-order chi connectivity index (χ1) is 11.3. The lowest BCUT2D eigenvalue weighted by Crippen LogP contribution is -1.89. The summed E-state index contributed by atoms with van der Waals surface area (Å²) in [5.41, 5.74) is 4.45. The molecule has 0 unspecified atom stereocenters. The Morgan fingerprint density at radius 2 is 1.87 bits per heavy atom. The maximum absolute atomic E-state index is 4.69. The van der Waals surface area contributed by atoms with Gasteiger partial charge in [-0.2, -0.15) is 0 Å². The van der Waals surface area contributed by atoms with Crippen molar-refractivity contribution < 1.29 is 0 Å². The fraction of sp³-hybridized carbons (Fsp3) is 0.158. The van der Waals surface area contributed by atoms with Crippen LogP contribution in [0.15, 0.2) is 59.9 Å². The molecule has 2 aromatic carbocycles. The van der Waals surface area contributed by atoms with Gasteiger partial charge in [-0.3, -0.25) is 4.98 Å². The van der Waals surface area contributed by atoms with Crippen molar-refractivity contribution in [1.82, 2.24) is 15.0 Å². The molecule has 0 aliphatic rings. The number of hydrogen-bond acceptors (Lipinski definition) is 3. The van der Waals surface area contributed by atoms with Gasteiger partial charge in [0.25, 0.3) is 0 Å². The van der Waals surface area contributed by atoms with Crippen LogP contribution in [0.3, 0.4) is 0 Å². The Labute approximate surface area is 139 Å². The fourth-order valence-corrected chi connectivity index (χ4v) is 3.43. The third kappa shape index (κ3) is 2.94. The molecule has 4 heteroatoms. The maximum atomic E-state index is 4.69. The second-order valence-corrected chi connectivity index (χ2v) is 6.52. The number of nitrogens with zero attached hydrogens (tertiary/aromatic N) is 2. The maximum Gasteiger partial charge on any atom is 0.166 e. The van der Waals surface area contributed by atoms with Gasteiger partial charge in [-0.05, 0) is 41.0 Å². The quantitative estimate of drug-likeness (QED) is 0.540. The van der Waals surface area contributed by atoms with Crippen molar-refractivity contribution in [1.29, 1.82) is 0 Å². The van der Waals surface area contributed by atoms with E-state index in [1.54, 1.807) is 11.8 Å². The van der Waals surface area contributed by atoms with Crippen LogP contribution in [0.4, 0.5) is 0 Å². The summed E-state index contributed by atoms with van der Waals surface area (Å²) >= 11 is 1.69. The van der Waals surface area contributed by atoms with E-state index in [1.807, 2.05) is 6.20 Å². The lowest BCUT2D eigenvalue weighted by atomic mass is 10.1. The fourth-order valence-electron chi connectivity index (χ4n) is 2.63. The zero-order valence-corrected chi connectivity index (χ0v) is 13.7. The monoisotopic (exact) mass is 319 g/mol. The first-order valence-electron chi connectivity index (χ1n) is 7.77. The number of pyridine rings is 1. The molecule has 3 nitrogen and oxygen atoms in total. The molecule has 4 aromatic rings. The number of nitrogens with one attached hydrogen (secondary N) is 1. The van der Waals surface area contributed by atoms with Crippen LogP contribution in [0.1, 0.15) is 18.2 Å². The van der Waals surface area contributed by atoms with E-state index in [1.165, 1.54) is 16.3 Å². The number of aromatic amines is 1. The second-order valence-electron chi connectivity index (χ2n) is 5.56. The summed E-state index contributed by atoms with van der Waals surface area (Å²) in [6, 6.07) is 16.9. The van der Waals surface area contributed by atoms with Crippen LogP contribution in [-0.4, -0.2) is 15.0 Å². The van der Waals surface area contributed by atoms with Gasteiger partial charge in [-0.25, -0.2) is 4.98 Å². The van der Waals surface area contributed by atoms with Crippen molar-refractivity contribution in [3.63, 3.8) is 0 Å². The number of fused-ring (bicyclic) bond motifs is 2. The lowest BCUT2D eigenvalue weighted by Gasteiger charge is -2.00. The molecule has 0 amide bonds. The van der Waals surface area contributed by atoms with Crippen molar-refractivity contribution in [3.05, 3.63) is 66.0 Å². The van der Waals surface area contributed by atoms with E-state index < -0.39 is 0 Å². The standard InChI is InChI=1S/C19H17N3S/c1-2-13-7-8-16(20-11-13)12-23-19-21-17-9-14-5-3-4-6-15(14)10-18(17)22-19/h3-11H,2,12H2,1H3,(H,21,22). The molecule has 0 bridgehead atoms. The van der Waals surface area contributed by atoms with Crippen LogP contribution < -0.4 is 0 Å². The second kappa shape index (κ2) is 6.05. The summed E-state index contributed by atoms with van der Waals surface area (Å²) in [6.45, 7) is 2.14. The molecule has 1 N–H and O–H groups in total. The molecule has 4 rings (SSSR count). The zero-order chi connectivity index (χ0) is 15.6. The molecule has 2 heterocycles. The van der Waals surface area contributed by atoms with E-state index in [9.17, 15) is 0 Å². The van der Waals surface area contributed by atoms with E-state index >= 15 is 0 Å². The molecular formula is C19H17N3S. The van der Waals surface area contributed by atoms with Gasteiger partial charge >= 0.3 is 0 Å². The Morgan fingerprint density at radius 3 is 2.61 bits per heavy atom. The molecule has 0 spiro atoms. The van der Waals surface area contributed by atoms with Crippen molar-refractivity contribution in [2.45, 2.75) is 24.3 Å². The molecule has 0 saturated heterocycles. The molecule has 114 valence electrons. The van der Waals surface area contributed by atoms with Crippen molar-refractivity contribution in [2.24, 2.45) is 0 Å². The average molecular weight is 319 g/mol. The van der Waals surface area contributed by atoms with E-state index in [4.69, 9.17) is 4.98 Å². The highest BCUT2D eigenvalue weighted by Crippen LogP contribution is 2.26. The smallest absolute Gasteiger partial charge is 0.166 e. The topological polar surface area (TPSA) is 41.6 Å². The van der Waals surface area contributed by atoms with Crippen LogP contribution in [0, 0.1) is 0 Å². The van der Waals surface area contributed by atoms with Crippen LogP contribution in [0.5, 0.6) is 0 Å². The number of H-pyrrole nitrogens is 1. The molecule has 0 radical (unpaired) electrons. The molecule has 23 heavy (non-hydrogen) atoms. The molecule has 0 aliphatic heterocycles. The van der Waals surface area contributed by atoms with Gasteiger partial charge in [0, 0.05) is 11.9 Å². The van der Waals surface area contributed by atoms with E-state index in [0.29, 0.717) is 0 Å². The van der Waals surface area contributed by atoms with Crippen LogP contribution >= 0.6 is 11.8 Å². The van der Waals surface area contributed by atoms with Gasteiger partial charge in [0.15, 0.2) is 5.16 Å². The Bertz CT molecular complexity index is 905. The lowest BCUT2D eigenvalue weighted by molar-refractivity contribution is 1.05. The Kier molecular flexibility index (Phi) is 3.75. The van der Waals surface area contributed by atoms with Gasteiger partial charge in [-0.15, -0.1) is 0 Å². The van der Waals surface area contributed by atoms with Gasteiger partial charge in [-0.1, -0.05) is 49.0 Å². The average Bonchev–Trinajstić information content (AvgIpc) is 3.00. The highest BCUT2D eigenvalue weighted by molar-refractivity contribution is 7.98. The highest BCUT2D eigenvalue weighted by atomic mass is 32.2. The summed E-state index contributed by atoms with van der Waals surface area (Å²) < 4.78 is 0. The summed E-state index contributed by atoms with van der Waals surface area (Å²) in [4.78, 5) is 12.6. The number of aryl methyl sites for hydroxylation is 1. The van der Waals surface area contributed by atoms with E-state index in [-0.39, 0.29) is 0 Å². The number of thioether (sulfide) groups is 1. The Morgan fingerprint density at radius 1 is 1.04 bits per heavy atom. The zero-order valence-electron chi connectivity index (χ0n) is 12.9. The van der Waals surface area contributed by atoms with Gasteiger partial charge in [0.2, 0.25) is 0 Å². The molecule has 0 fully saturated rings. The van der Waals surface area contributed by atoms with Crippen LogP contribution in [0.25, 0.3) is 21.8 Å². The normalized spacial score (nSPS) is 11.3. The molecule has 0 aliphatic carbocycles.